The number of esters is 1. The largest absolute Gasteiger partial charge is 0.493 e. The molecule has 6 nitrogen and oxygen atoms in total. The zero-order chi connectivity index (χ0) is 22.2. The summed E-state index contributed by atoms with van der Waals surface area (Å²) >= 11 is 0. The fourth-order valence-electron chi connectivity index (χ4n) is 3.26. The van der Waals surface area contributed by atoms with Crippen molar-refractivity contribution in [2.45, 2.75) is 12.5 Å². The van der Waals surface area contributed by atoms with Gasteiger partial charge in [0.25, 0.3) is 5.91 Å². The molecule has 3 aromatic rings. The second-order valence-electron chi connectivity index (χ2n) is 6.86. The maximum atomic E-state index is 12.9. The van der Waals surface area contributed by atoms with Crippen molar-refractivity contribution in [3.05, 3.63) is 83.9 Å². The molecule has 0 aliphatic carbocycles. The molecule has 0 spiro atoms. The summed E-state index contributed by atoms with van der Waals surface area (Å²) in [6.07, 6.45) is -0.0141. The van der Waals surface area contributed by atoms with Gasteiger partial charge in [-0.3, -0.25) is 9.59 Å². The molecule has 0 saturated carbocycles. The van der Waals surface area contributed by atoms with Gasteiger partial charge in [-0.15, -0.1) is 0 Å². The van der Waals surface area contributed by atoms with Gasteiger partial charge in [-0.05, 0) is 41.0 Å². The van der Waals surface area contributed by atoms with E-state index in [0.29, 0.717) is 22.6 Å². The van der Waals surface area contributed by atoms with E-state index < -0.39 is 12.0 Å². The van der Waals surface area contributed by atoms with Crippen LogP contribution in [0.5, 0.6) is 11.5 Å². The fraction of sp³-hybridized carbons (Fsp3) is 0.200. The van der Waals surface area contributed by atoms with E-state index in [1.54, 1.807) is 37.4 Å². The predicted octanol–water partition coefficient (Wildman–Crippen LogP) is 4.41. The summed E-state index contributed by atoms with van der Waals surface area (Å²) in [5.41, 5.74) is 3.29. The van der Waals surface area contributed by atoms with E-state index in [0.717, 1.165) is 11.1 Å². The van der Waals surface area contributed by atoms with Gasteiger partial charge in [0.05, 0.1) is 33.8 Å². The smallest absolute Gasteiger partial charge is 0.307 e. The molecule has 0 saturated heterocycles. The van der Waals surface area contributed by atoms with Crippen LogP contribution in [0.3, 0.4) is 0 Å². The number of rotatable bonds is 8. The standard InChI is InChI=1S/C25H25NO5/c1-29-22-14-13-20(15-23(22)30-2)21(16-24(27)31-3)26-25(28)19-11-9-18(10-12-19)17-7-5-4-6-8-17/h4-15,21H,16H2,1-3H3,(H,26,28). The Hall–Kier alpha value is -3.80. The minimum absolute atomic E-state index is 0.0141. The molecule has 31 heavy (non-hydrogen) atoms. The van der Waals surface area contributed by atoms with Crippen molar-refractivity contribution in [2.24, 2.45) is 0 Å². The van der Waals surface area contributed by atoms with Crippen LogP contribution in [0.25, 0.3) is 11.1 Å². The fourth-order valence-corrected chi connectivity index (χ4v) is 3.26. The van der Waals surface area contributed by atoms with Crippen LogP contribution >= 0.6 is 0 Å². The zero-order valence-corrected chi connectivity index (χ0v) is 17.8. The van der Waals surface area contributed by atoms with Crippen molar-refractivity contribution in [3.63, 3.8) is 0 Å². The van der Waals surface area contributed by atoms with E-state index in [4.69, 9.17) is 14.2 Å². The van der Waals surface area contributed by atoms with Crippen LogP contribution in [0, 0.1) is 0 Å². The first-order valence-corrected chi connectivity index (χ1v) is 9.80. The minimum Gasteiger partial charge on any atom is -0.493 e. The van der Waals surface area contributed by atoms with Crippen LogP contribution in [0.1, 0.15) is 28.4 Å². The predicted molar refractivity (Wildman–Crippen MR) is 118 cm³/mol. The van der Waals surface area contributed by atoms with Gasteiger partial charge >= 0.3 is 5.97 Å². The Morgan fingerprint density at radius 1 is 0.806 bits per heavy atom. The number of amides is 1. The van der Waals surface area contributed by atoms with E-state index in [1.165, 1.54) is 14.2 Å². The van der Waals surface area contributed by atoms with Crippen molar-refractivity contribution >= 4 is 11.9 Å². The van der Waals surface area contributed by atoms with E-state index >= 15 is 0 Å². The molecule has 1 amide bonds. The molecule has 0 aromatic heterocycles. The normalized spacial score (nSPS) is 11.3. The third-order valence-corrected chi connectivity index (χ3v) is 4.97. The molecule has 0 fully saturated rings. The van der Waals surface area contributed by atoms with Crippen LogP contribution < -0.4 is 14.8 Å². The number of hydrogen-bond acceptors (Lipinski definition) is 5. The van der Waals surface area contributed by atoms with Crippen LogP contribution in [0.15, 0.2) is 72.8 Å². The van der Waals surface area contributed by atoms with E-state index in [9.17, 15) is 9.59 Å². The summed E-state index contributed by atoms with van der Waals surface area (Å²) in [4.78, 5) is 24.9. The molecule has 3 rings (SSSR count). The molecule has 0 radical (unpaired) electrons. The summed E-state index contributed by atoms with van der Waals surface area (Å²) in [7, 11) is 4.40. The Morgan fingerprint density at radius 2 is 1.45 bits per heavy atom. The quantitative estimate of drug-likeness (QED) is 0.548. The first kappa shape index (κ1) is 21.9. The minimum atomic E-state index is -0.589. The van der Waals surface area contributed by atoms with Crippen LogP contribution in [0.4, 0.5) is 0 Å². The van der Waals surface area contributed by atoms with Gasteiger partial charge in [0.2, 0.25) is 0 Å². The summed E-state index contributed by atoms with van der Waals surface area (Å²) in [5.74, 6) is 0.352. The Bertz CT molecular complexity index is 1030. The second-order valence-corrected chi connectivity index (χ2v) is 6.86. The van der Waals surface area contributed by atoms with Crippen molar-refractivity contribution < 1.29 is 23.8 Å². The second kappa shape index (κ2) is 10.3. The van der Waals surface area contributed by atoms with Gasteiger partial charge in [0.15, 0.2) is 11.5 Å². The average molecular weight is 419 g/mol. The average Bonchev–Trinajstić information content (AvgIpc) is 2.83. The molecule has 0 heterocycles. The summed E-state index contributed by atoms with van der Waals surface area (Å²) in [5, 5.41) is 2.93. The molecule has 0 bridgehead atoms. The monoisotopic (exact) mass is 419 g/mol. The van der Waals surface area contributed by atoms with Crippen molar-refractivity contribution in [1.82, 2.24) is 5.32 Å². The molecule has 1 unspecified atom stereocenters. The summed E-state index contributed by atoms with van der Waals surface area (Å²) in [6.45, 7) is 0. The molecule has 0 aliphatic heterocycles. The molecule has 3 aromatic carbocycles. The van der Waals surface area contributed by atoms with Gasteiger partial charge in [-0.1, -0.05) is 48.5 Å². The van der Waals surface area contributed by atoms with Gasteiger partial charge < -0.3 is 19.5 Å². The SMILES string of the molecule is COC(=O)CC(NC(=O)c1ccc(-c2ccccc2)cc1)c1ccc(OC)c(OC)c1. The number of ether oxygens (including phenoxy) is 3. The molecule has 1 atom stereocenters. The highest BCUT2D eigenvalue weighted by Crippen LogP contribution is 2.31. The maximum Gasteiger partial charge on any atom is 0.307 e. The topological polar surface area (TPSA) is 73.9 Å². The zero-order valence-electron chi connectivity index (χ0n) is 17.8. The molecular formula is C25H25NO5. The van der Waals surface area contributed by atoms with Gasteiger partial charge in [0, 0.05) is 5.56 Å². The highest BCUT2D eigenvalue weighted by atomic mass is 16.5. The van der Waals surface area contributed by atoms with Gasteiger partial charge in [0.1, 0.15) is 0 Å². The highest BCUT2D eigenvalue weighted by molar-refractivity contribution is 5.95. The molecule has 160 valence electrons. The Morgan fingerprint density at radius 3 is 2.06 bits per heavy atom. The number of carbonyl (C=O) groups excluding carboxylic acids is 2. The Labute approximate surface area is 181 Å². The first-order valence-electron chi connectivity index (χ1n) is 9.80. The molecular weight excluding hydrogens is 394 g/mol. The first-order chi connectivity index (χ1) is 15.0. The lowest BCUT2D eigenvalue weighted by Crippen LogP contribution is -2.30. The number of carbonyl (C=O) groups is 2. The number of nitrogens with one attached hydrogen (secondary N) is 1. The van der Waals surface area contributed by atoms with Crippen LogP contribution in [0.2, 0.25) is 0 Å². The van der Waals surface area contributed by atoms with E-state index in [-0.39, 0.29) is 12.3 Å². The summed E-state index contributed by atoms with van der Waals surface area (Å²) in [6, 6.07) is 21.9. The van der Waals surface area contributed by atoms with Crippen molar-refractivity contribution in [3.8, 4) is 22.6 Å². The Balaban J connectivity index is 1.82. The van der Waals surface area contributed by atoms with E-state index in [2.05, 4.69) is 5.32 Å². The highest BCUT2D eigenvalue weighted by Gasteiger charge is 2.21. The number of benzene rings is 3. The van der Waals surface area contributed by atoms with Crippen LogP contribution in [-0.2, 0) is 9.53 Å². The third-order valence-electron chi connectivity index (χ3n) is 4.97. The van der Waals surface area contributed by atoms with E-state index in [1.807, 2.05) is 42.5 Å². The lowest BCUT2D eigenvalue weighted by molar-refractivity contribution is -0.141. The van der Waals surface area contributed by atoms with Gasteiger partial charge in [-0.2, -0.15) is 0 Å². The lowest BCUT2D eigenvalue weighted by atomic mass is 10.0. The molecule has 6 heteroatoms. The maximum absolute atomic E-state index is 12.9. The van der Waals surface area contributed by atoms with Crippen LogP contribution in [-0.4, -0.2) is 33.2 Å². The van der Waals surface area contributed by atoms with Crippen molar-refractivity contribution in [2.75, 3.05) is 21.3 Å². The number of hydrogen-bond donors (Lipinski definition) is 1. The molecule has 1 N–H and O–H groups in total. The molecule has 0 aliphatic rings. The summed E-state index contributed by atoms with van der Waals surface area (Å²) < 4.78 is 15.4. The third kappa shape index (κ3) is 5.42. The lowest BCUT2D eigenvalue weighted by Gasteiger charge is -2.20. The number of methoxy groups -OCH3 is 3. The van der Waals surface area contributed by atoms with Gasteiger partial charge in [-0.25, -0.2) is 0 Å². The van der Waals surface area contributed by atoms with Crippen molar-refractivity contribution in [1.29, 1.82) is 0 Å². The Kier molecular flexibility index (Phi) is 7.27.